The molecule has 0 amide bonds. The molecule has 2 N–H and O–H groups in total. The third-order valence-corrected chi connectivity index (χ3v) is 2.62. The Morgan fingerprint density at radius 3 is 2.47 bits per heavy atom. The minimum atomic E-state index is 0.479. The number of aromatic nitrogens is 2. The summed E-state index contributed by atoms with van der Waals surface area (Å²) in [4.78, 5) is 0. The van der Waals surface area contributed by atoms with Crippen LogP contribution >= 0.6 is 0 Å². The van der Waals surface area contributed by atoms with Crippen molar-refractivity contribution in [1.29, 1.82) is 0 Å². The van der Waals surface area contributed by atoms with E-state index in [1.807, 2.05) is 45.3 Å². The van der Waals surface area contributed by atoms with Gasteiger partial charge in [-0.05, 0) is 43.2 Å². The lowest BCUT2D eigenvalue weighted by atomic mass is 10.1. The summed E-state index contributed by atoms with van der Waals surface area (Å²) in [7, 11) is 1.89. The van der Waals surface area contributed by atoms with Crippen LogP contribution in [-0.2, 0) is 13.7 Å². The van der Waals surface area contributed by atoms with Crippen LogP contribution in [0.3, 0.4) is 0 Å². The molecule has 0 unspecified atom stereocenters. The van der Waals surface area contributed by atoms with Crippen LogP contribution in [0.4, 0.5) is 5.69 Å². The maximum atomic E-state index is 5.79. The van der Waals surface area contributed by atoms with E-state index in [0.29, 0.717) is 6.61 Å². The first-order valence-corrected chi connectivity index (χ1v) is 5.54. The highest BCUT2D eigenvalue weighted by atomic mass is 16.5. The second kappa shape index (κ2) is 4.49. The molecule has 0 atom stereocenters. The summed E-state index contributed by atoms with van der Waals surface area (Å²) in [5.41, 5.74) is 9.56. The Morgan fingerprint density at radius 2 is 1.94 bits per heavy atom. The van der Waals surface area contributed by atoms with Gasteiger partial charge >= 0.3 is 0 Å². The molecule has 0 spiro atoms. The van der Waals surface area contributed by atoms with Gasteiger partial charge in [-0.1, -0.05) is 0 Å². The SMILES string of the molecule is Cc1cc(N)cc(C)c1OCc1ccn(C)n1. The Hall–Kier alpha value is -1.97. The van der Waals surface area contributed by atoms with Gasteiger partial charge in [0, 0.05) is 18.9 Å². The molecule has 0 radical (unpaired) electrons. The maximum Gasteiger partial charge on any atom is 0.132 e. The van der Waals surface area contributed by atoms with Crippen LogP contribution in [0.15, 0.2) is 24.4 Å². The molecule has 2 aromatic rings. The van der Waals surface area contributed by atoms with Crippen molar-refractivity contribution in [3.8, 4) is 5.75 Å². The second-order valence-electron chi connectivity index (χ2n) is 4.25. The molecule has 4 heteroatoms. The fraction of sp³-hybridized carbons (Fsp3) is 0.308. The number of nitrogens with zero attached hydrogens (tertiary/aromatic N) is 2. The highest BCUT2D eigenvalue weighted by Crippen LogP contribution is 2.26. The van der Waals surface area contributed by atoms with E-state index in [9.17, 15) is 0 Å². The average molecular weight is 231 g/mol. The van der Waals surface area contributed by atoms with Gasteiger partial charge in [-0.25, -0.2) is 0 Å². The van der Waals surface area contributed by atoms with Crippen molar-refractivity contribution in [2.24, 2.45) is 7.05 Å². The molecule has 1 heterocycles. The number of nitrogen functional groups attached to an aromatic ring is 1. The van der Waals surface area contributed by atoms with Gasteiger partial charge in [0.05, 0.1) is 5.69 Å². The molecule has 0 saturated heterocycles. The fourth-order valence-electron chi connectivity index (χ4n) is 1.90. The Labute approximate surface area is 101 Å². The number of aryl methyl sites for hydroxylation is 3. The zero-order valence-corrected chi connectivity index (χ0v) is 10.4. The summed E-state index contributed by atoms with van der Waals surface area (Å²) in [5, 5.41) is 4.27. The van der Waals surface area contributed by atoms with Crippen molar-refractivity contribution in [2.75, 3.05) is 5.73 Å². The van der Waals surface area contributed by atoms with Crippen molar-refractivity contribution in [3.63, 3.8) is 0 Å². The van der Waals surface area contributed by atoms with Gasteiger partial charge in [0.1, 0.15) is 12.4 Å². The molecule has 90 valence electrons. The van der Waals surface area contributed by atoms with Crippen molar-refractivity contribution in [1.82, 2.24) is 9.78 Å². The smallest absolute Gasteiger partial charge is 0.132 e. The largest absolute Gasteiger partial charge is 0.487 e. The summed E-state index contributed by atoms with van der Waals surface area (Å²) < 4.78 is 7.56. The molecule has 2 rings (SSSR count). The molecule has 1 aromatic carbocycles. The molecule has 0 bridgehead atoms. The first-order chi connectivity index (χ1) is 8.06. The third kappa shape index (κ3) is 2.58. The molecule has 0 saturated carbocycles. The Morgan fingerprint density at radius 1 is 1.29 bits per heavy atom. The van der Waals surface area contributed by atoms with Gasteiger partial charge in [-0.15, -0.1) is 0 Å². The quantitative estimate of drug-likeness (QED) is 0.824. The maximum absolute atomic E-state index is 5.79. The van der Waals surface area contributed by atoms with E-state index in [1.165, 1.54) is 0 Å². The number of benzene rings is 1. The fourth-order valence-corrected chi connectivity index (χ4v) is 1.90. The number of hydrogen-bond donors (Lipinski definition) is 1. The Balaban J connectivity index is 2.14. The summed E-state index contributed by atoms with van der Waals surface area (Å²) in [6, 6.07) is 5.78. The van der Waals surface area contributed by atoms with Crippen molar-refractivity contribution < 1.29 is 4.74 Å². The van der Waals surface area contributed by atoms with Gasteiger partial charge in [0.2, 0.25) is 0 Å². The highest BCUT2D eigenvalue weighted by Gasteiger charge is 2.06. The number of anilines is 1. The molecule has 0 aliphatic heterocycles. The van der Waals surface area contributed by atoms with Gasteiger partial charge in [-0.3, -0.25) is 4.68 Å². The van der Waals surface area contributed by atoms with Crippen LogP contribution in [-0.4, -0.2) is 9.78 Å². The van der Waals surface area contributed by atoms with Crippen LogP contribution in [0.1, 0.15) is 16.8 Å². The van der Waals surface area contributed by atoms with E-state index in [0.717, 1.165) is 28.3 Å². The number of ether oxygens (including phenoxy) is 1. The lowest BCUT2D eigenvalue weighted by Gasteiger charge is -2.11. The minimum absolute atomic E-state index is 0.479. The minimum Gasteiger partial charge on any atom is -0.487 e. The molecule has 0 aliphatic carbocycles. The molecular weight excluding hydrogens is 214 g/mol. The van der Waals surface area contributed by atoms with Crippen LogP contribution in [0.2, 0.25) is 0 Å². The summed E-state index contributed by atoms with van der Waals surface area (Å²) in [5.74, 6) is 0.893. The molecule has 1 aromatic heterocycles. The van der Waals surface area contributed by atoms with E-state index >= 15 is 0 Å². The molecule has 0 aliphatic rings. The topological polar surface area (TPSA) is 53.1 Å². The number of nitrogens with two attached hydrogens (primary N) is 1. The zero-order chi connectivity index (χ0) is 12.4. The van der Waals surface area contributed by atoms with Crippen molar-refractivity contribution in [3.05, 3.63) is 41.2 Å². The first-order valence-electron chi connectivity index (χ1n) is 5.54. The van der Waals surface area contributed by atoms with Gasteiger partial charge in [0.25, 0.3) is 0 Å². The van der Waals surface area contributed by atoms with Crippen LogP contribution < -0.4 is 10.5 Å². The first kappa shape index (κ1) is 11.5. The molecular formula is C13H17N3O. The van der Waals surface area contributed by atoms with E-state index in [-0.39, 0.29) is 0 Å². The standard InChI is InChI=1S/C13H17N3O/c1-9-6-11(14)7-10(2)13(9)17-8-12-4-5-16(3)15-12/h4-7H,8,14H2,1-3H3. The summed E-state index contributed by atoms with van der Waals surface area (Å²) in [6.07, 6.45) is 1.90. The zero-order valence-electron chi connectivity index (χ0n) is 10.4. The van der Waals surface area contributed by atoms with Gasteiger partial charge < -0.3 is 10.5 Å². The summed E-state index contributed by atoms with van der Waals surface area (Å²) in [6.45, 7) is 4.47. The van der Waals surface area contributed by atoms with E-state index in [1.54, 1.807) is 4.68 Å². The third-order valence-electron chi connectivity index (χ3n) is 2.62. The van der Waals surface area contributed by atoms with E-state index in [4.69, 9.17) is 10.5 Å². The van der Waals surface area contributed by atoms with Gasteiger partial charge in [-0.2, -0.15) is 5.10 Å². The lowest BCUT2D eigenvalue weighted by Crippen LogP contribution is -2.01. The van der Waals surface area contributed by atoms with Crippen molar-refractivity contribution in [2.45, 2.75) is 20.5 Å². The second-order valence-corrected chi connectivity index (χ2v) is 4.25. The van der Waals surface area contributed by atoms with Gasteiger partial charge in [0.15, 0.2) is 0 Å². The van der Waals surface area contributed by atoms with E-state index in [2.05, 4.69) is 5.10 Å². The summed E-state index contributed by atoms with van der Waals surface area (Å²) >= 11 is 0. The molecule has 0 fully saturated rings. The predicted octanol–water partition coefficient (Wildman–Crippen LogP) is 2.20. The molecule has 17 heavy (non-hydrogen) atoms. The Kier molecular flexibility index (Phi) is 3.04. The predicted molar refractivity (Wildman–Crippen MR) is 67.9 cm³/mol. The lowest BCUT2D eigenvalue weighted by molar-refractivity contribution is 0.296. The normalized spacial score (nSPS) is 10.5. The highest BCUT2D eigenvalue weighted by molar-refractivity contribution is 5.52. The average Bonchev–Trinajstić information content (AvgIpc) is 2.62. The monoisotopic (exact) mass is 231 g/mol. The van der Waals surface area contributed by atoms with E-state index < -0.39 is 0 Å². The number of hydrogen-bond acceptors (Lipinski definition) is 3. The Bertz CT molecular complexity index is 508. The van der Waals surface area contributed by atoms with Crippen molar-refractivity contribution >= 4 is 5.69 Å². The van der Waals surface area contributed by atoms with Crippen LogP contribution in [0, 0.1) is 13.8 Å². The number of rotatable bonds is 3. The molecule has 4 nitrogen and oxygen atoms in total. The van der Waals surface area contributed by atoms with Crippen LogP contribution in [0.25, 0.3) is 0 Å². The van der Waals surface area contributed by atoms with Crippen LogP contribution in [0.5, 0.6) is 5.75 Å².